The van der Waals surface area contributed by atoms with Gasteiger partial charge in [0.2, 0.25) is 5.91 Å². The molecule has 1 atom stereocenters. The van der Waals surface area contributed by atoms with Crippen molar-refractivity contribution in [2.24, 2.45) is 5.92 Å². The molecule has 30 heavy (non-hydrogen) atoms. The van der Waals surface area contributed by atoms with Crippen molar-refractivity contribution in [3.8, 4) is 0 Å². The molecule has 2 N–H and O–H groups in total. The summed E-state index contributed by atoms with van der Waals surface area (Å²) in [6.07, 6.45) is 0. The smallest absolute Gasteiger partial charge is 0.237 e. The summed E-state index contributed by atoms with van der Waals surface area (Å²) in [6, 6.07) is 28.9. The fourth-order valence-electron chi connectivity index (χ4n) is 4.04. The molecule has 0 aromatic heterocycles. The van der Waals surface area contributed by atoms with Gasteiger partial charge in [0.1, 0.15) is 0 Å². The highest BCUT2D eigenvalue weighted by molar-refractivity contribution is 6.02. The minimum absolute atomic E-state index is 0.0402. The summed E-state index contributed by atoms with van der Waals surface area (Å²) < 4.78 is 0. The lowest BCUT2D eigenvalue weighted by atomic mass is 9.96. The second-order valence-corrected chi connectivity index (χ2v) is 8.10. The van der Waals surface area contributed by atoms with Gasteiger partial charge in [-0.25, -0.2) is 0 Å². The highest BCUT2D eigenvalue weighted by atomic mass is 16.2. The average Bonchev–Trinajstić information content (AvgIpc) is 2.77. The van der Waals surface area contributed by atoms with Crippen LogP contribution in [-0.4, -0.2) is 11.9 Å². The number of carbonyl (C=O) groups excluding carboxylic acids is 1. The number of amides is 1. The van der Waals surface area contributed by atoms with E-state index >= 15 is 0 Å². The van der Waals surface area contributed by atoms with Crippen LogP contribution < -0.4 is 10.6 Å². The summed E-state index contributed by atoms with van der Waals surface area (Å²) in [5.74, 6) is 0.223. The lowest BCUT2D eigenvalue weighted by Crippen LogP contribution is -2.46. The molecule has 0 fully saturated rings. The Morgan fingerprint density at radius 2 is 1.33 bits per heavy atom. The van der Waals surface area contributed by atoms with Gasteiger partial charge in [0.05, 0.1) is 6.04 Å². The van der Waals surface area contributed by atoms with Gasteiger partial charge in [-0.1, -0.05) is 92.7 Å². The Morgan fingerprint density at radius 1 is 0.767 bits per heavy atom. The summed E-state index contributed by atoms with van der Waals surface area (Å²) in [5.41, 5.74) is 2.35. The standard InChI is InChI=1S/C27H28N2O/c1-19(2)26(27(30)29-17-20-10-4-3-5-11-20)28-18-25-23-14-8-6-12-21(23)16-22-13-7-9-15-24(22)25/h3-16,19,26,28H,17-18H2,1-2H3,(H,29,30)/t26-/m0/s1. The normalized spacial score (nSPS) is 12.4. The van der Waals surface area contributed by atoms with Crippen LogP contribution in [0, 0.1) is 5.92 Å². The first-order chi connectivity index (χ1) is 14.6. The lowest BCUT2D eigenvalue weighted by Gasteiger charge is -2.23. The van der Waals surface area contributed by atoms with Crippen molar-refractivity contribution in [1.82, 2.24) is 10.6 Å². The van der Waals surface area contributed by atoms with Crippen molar-refractivity contribution < 1.29 is 4.79 Å². The third-order valence-corrected chi connectivity index (χ3v) is 5.64. The van der Waals surface area contributed by atoms with Crippen molar-refractivity contribution >= 4 is 27.5 Å². The van der Waals surface area contributed by atoms with Crippen molar-refractivity contribution in [1.29, 1.82) is 0 Å². The maximum absolute atomic E-state index is 12.9. The number of nitrogens with one attached hydrogen (secondary N) is 2. The number of hydrogen-bond acceptors (Lipinski definition) is 2. The van der Waals surface area contributed by atoms with Crippen LogP contribution in [0.3, 0.4) is 0 Å². The Kier molecular flexibility index (Phi) is 6.10. The predicted molar refractivity (Wildman–Crippen MR) is 125 cm³/mol. The number of carbonyl (C=O) groups is 1. The molecule has 1 amide bonds. The molecule has 0 aliphatic rings. The molecule has 4 rings (SSSR count). The van der Waals surface area contributed by atoms with Crippen molar-refractivity contribution in [2.75, 3.05) is 0 Å². The Morgan fingerprint density at radius 3 is 1.93 bits per heavy atom. The summed E-state index contributed by atoms with van der Waals surface area (Å²) in [7, 11) is 0. The van der Waals surface area contributed by atoms with Crippen LogP contribution in [0.2, 0.25) is 0 Å². The molecule has 0 aliphatic heterocycles. The maximum atomic E-state index is 12.9. The largest absolute Gasteiger partial charge is 0.351 e. The summed E-state index contributed by atoms with van der Waals surface area (Å²) in [6.45, 7) is 5.35. The molecular formula is C27H28N2O. The van der Waals surface area contributed by atoms with E-state index in [2.05, 4.69) is 79.1 Å². The zero-order valence-electron chi connectivity index (χ0n) is 17.6. The third-order valence-electron chi connectivity index (χ3n) is 5.64. The van der Waals surface area contributed by atoms with Crippen molar-refractivity contribution in [3.63, 3.8) is 0 Å². The topological polar surface area (TPSA) is 41.1 Å². The molecule has 0 aliphatic carbocycles. The lowest BCUT2D eigenvalue weighted by molar-refractivity contribution is -0.124. The molecule has 3 heteroatoms. The van der Waals surface area contributed by atoms with Gasteiger partial charge in [0.25, 0.3) is 0 Å². The van der Waals surface area contributed by atoms with Crippen molar-refractivity contribution in [3.05, 3.63) is 96.1 Å². The van der Waals surface area contributed by atoms with Gasteiger partial charge in [0, 0.05) is 13.1 Å². The molecule has 152 valence electrons. The highest BCUT2D eigenvalue weighted by Gasteiger charge is 2.22. The number of benzene rings is 4. The van der Waals surface area contributed by atoms with Gasteiger partial charge in [-0.3, -0.25) is 4.79 Å². The molecule has 3 nitrogen and oxygen atoms in total. The van der Waals surface area contributed by atoms with Crippen LogP contribution in [0.1, 0.15) is 25.0 Å². The van der Waals surface area contributed by atoms with Crippen LogP contribution in [0.5, 0.6) is 0 Å². The SMILES string of the molecule is CC(C)[C@H](NCc1c2ccccc2cc2ccccc12)C(=O)NCc1ccccc1. The minimum atomic E-state index is -0.258. The van der Waals surface area contributed by atoms with Gasteiger partial charge < -0.3 is 10.6 Å². The first-order valence-corrected chi connectivity index (χ1v) is 10.6. The average molecular weight is 397 g/mol. The van der Waals surface area contributed by atoms with Crippen LogP contribution in [0.4, 0.5) is 0 Å². The molecule has 0 heterocycles. The van der Waals surface area contributed by atoms with E-state index in [-0.39, 0.29) is 17.9 Å². The molecule has 4 aromatic rings. The van der Waals surface area contributed by atoms with Crippen molar-refractivity contribution in [2.45, 2.75) is 33.0 Å². The Balaban J connectivity index is 1.56. The van der Waals surface area contributed by atoms with Gasteiger partial charge in [-0.05, 0) is 44.7 Å². The predicted octanol–water partition coefficient (Wildman–Crippen LogP) is 5.42. The Labute approximate surface area is 178 Å². The van der Waals surface area contributed by atoms with Crippen LogP contribution >= 0.6 is 0 Å². The van der Waals surface area contributed by atoms with Gasteiger partial charge in [0.15, 0.2) is 0 Å². The van der Waals surface area contributed by atoms with E-state index in [4.69, 9.17) is 0 Å². The third kappa shape index (κ3) is 4.37. The van der Waals surface area contributed by atoms with Gasteiger partial charge in [-0.2, -0.15) is 0 Å². The zero-order chi connectivity index (χ0) is 20.9. The quantitative estimate of drug-likeness (QED) is 0.409. The molecule has 4 aromatic carbocycles. The molecule has 0 bridgehead atoms. The zero-order valence-corrected chi connectivity index (χ0v) is 17.6. The van der Waals surface area contributed by atoms with E-state index in [1.165, 1.54) is 27.1 Å². The van der Waals surface area contributed by atoms with E-state index in [0.717, 1.165) is 5.56 Å². The van der Waals surface area contributed by atoms with Crippen LogP contribution in [0.25, 0.3) is 21.5 Å². The molecule has 0 saturated heterocycles. The number of hydrogen-bond donors (Lipinski definition) is 2. The van der Waals surface area contributed by atoms with Crippen LogP contribution in [-0.2, 0) is 17.9 Å². The summed E-state index contributed by atoms with van der Waals surface area (Å²) in [5, 5.41) is 11.5. The summed E-state index contributed by atoms with van der Waals surface area (Å²) >= 11 is 0. The molecule has 0 saturated carbocycles. The monoisotopic (exact) mass is 396 g/mol. The Hall–Kier alpha value is -3.17. The second-order valence-electron chi connectivity index (χ2n) is 8.10. The van der Waals surface area contributed by atoms with E-state index in [9.17, 15) is 4.79 Å². The fourth-order valence-corrected chi connectivity index (χ4v) is 4.04. The van der Waals surface area contributed by atoms with Crippen LogP contribution in [0.15, 0.2) is 84.9 Å². The Bertz CT molecular complexity index is 1100. The minimum Gasteiger partial charge on any atom is -0.351 e. The second kappa shape index (κ2) is 9.10. The number of fused-ring (bicyclic) bond motifs is 2. The van der Waals surface area contributed by atoms with E-state index in [1.54, 1.807) is 0 Å². The molecule has 0 spiro atoms. The fraction of sp³-hybridized carbons (Fsp3) is 0.222. The van der Waals surface area contributed by atoms with E-state index in [0.29, 0.717) is 13.1 Å². The van der Waals surface area contributed by atoms with E-state index < -0.39 is 0 Å². The van der Waals surface area contributed by atoms with E-state index in [1.807, 2.05) is 30.3 Å². The van der Waals surface area contributed by atoms with Gasteiger partial charge >= 0.3 is 0 Å². The molecule has 0 unspecified atom stereocenters. The molecular weight excluding hydrogens is 368 g/mol. The number of rotatable bonds is 7. The first-order valence-electron chi connectivity index (χ1n) is 10.6. The highest BCUT2D eigenvalue weighted by Crippen LogP contribution is 2.28. The van der Waals surface area contributed by atoms with Gasteiger partial charge in [-0.15, -0.1) is 0 Å². The first kappa shape index (κ1) is 20.1. The molecule has 0 radical (unpaired) electrons. The summed E-state index contributed by atoms with van der Waals surface area (Å²) in [4.78, 5) is 12.9. The maximum Gasteiger partial charge on any atom is 0.237 e.